The number of halogens is 1. The molecule has 5 nitrogen and oxygen atoms in total. The first-order valence-corrected chi connectivity index (χ1v) is 9.52. The van der Waals surface area contributed by atoms with Crippen LogP contribution in [0, 0.1) is 5.92 Å². The number of urea groups is 1. The topological polar surface area (TPSA) is 43.9 Å². The van der Waals surface area contributed by atoms with Crippen LogP contribution in [-0.2, 0) is 4.79 Å². The molecule has 3 amide bonds. The summed E-state index contributed by atoms with van der Waals surface area (Å²) in [5.41, 5.74) is 1.17. The van der Waals surface area contributed by atoms with E-state index in [0.717, 1.165) is 37.3 Å². The SMILES string of the molecule is CN1CCC[C@H](CN2C(=O)[C@H]3CCCN3C2=O)[C@@H]1c1cccc(Cl)c1. The van der Waals surface area contributed by atoms with E-state index < -0.39 is 0 Å². The van der Waals surface area contributed by atoms with Gasteiger partial charge in [-0.25, -0.2) is 4.79 Å². The van der Waals surface area contributed by atoms with Crippen molar-refractivity contribution in [3.05, 3.63) is 34.9 Å². The summed E-state index contributed by atoms with van der Waals surface area (Å²) in [7, 11) is 2.11. The van der Waals surface area contributed by atoms with Crippen LogP contribution < -0.4 is 0 Å². The number of carbonyl (C=O) groups is 2. The average Bonchev–Trinajstić information content (AvgIpc) is 3.15. The Morgan fingerprint density at radius 2 is 1.96 bits per heavy atom. The fourth-order valence-corrected chi connectivity index (χ4v) is 4.95. The number of amides is 3. The summed E-state index contributed by atoms with van der Waals surface area (Å²) in [4.78, 5) is 30.9. The number of carbonyl (C=O) groups excluding carboxylic acids is 2. The Kier molecular flexibility index (Phi) is 4.46. The van der Waals surface area contributed by atoms with Gasteiger partial charge in [-0.15, -0.1) is 0 Å². The minimum absolute atomic E-state index is 0.000528. The van der Waals surface area contributed by atoms with Crippen LogP contribution in [0.5, 0.6) is 0 Å². The summed E-state index contributed by atoms with van der Waals surface area (Å²) in [6, 6.07) is 7.83. The van der Waals surface area contributed by atoms with Gasteiger partial charge in [-0.05, 0) is 62.9 Å². The Morgan fingerprint density at radius 3 is 2.72 bits per heavy atom. The normalized spacial score (nSPS) is 30.2. The van der Waals surface area contributed by atoms with Gasteiger partial charge >= 0.3 is 6.03 Å². The Balaban J connectivity index is 1.57. The zero-order valence-electron chi connectivity index (χ0n) is 14.5. The number of hydrogen-bond acceptors (Lipinski definition) is 3. The van der Waals surface area contributed by atoms with Crippen LogP contribution in [0.2, 0.25) is 5.02 Å². The summed E-state index contributed by atoms with van der Waals surface area (Å²) >= 11 is 6.20. The molecule has 0 aliphatic carbocycles. The second-order valence-corrected chi connectivity index (χ2v) is 7.90. The lowest BCUT2D eigenvalue weighted by atomic mass is 9.84. The van der Waals surface area contributed by atoms with Gasteiger partial charge in [0, 0.05) is 24.2 Å². The standard InChI is InChI=1S/C19H24ClN3O2/c1-21-9-3-6-14(17(21)13-5-2-7-15(20)11-13)12-23-18(24)16-8-4-10-22(16)19(23)25/h2,5,7,11,14,16-17H,3-4,6,8-10,12H2,1H3/t14-,16-,17+/m1/s1. The highest BCUT2D eigenvalue weighted by atomic mass is 35.5. The second kappa shape index (κ2) is 6.61. The maximum atomic E-state index is 12.7. The van der Waals surface area contributed by atoms with E-state index in [2.05, 4.69) is 18.0 Å². The molecule has 0 aromatic heterocycles. The van der Waals surface area contributed by atoms with Crippen LogP contribution >= 0.6 is 11.6 Å². The van der Waals surface area contributed by atoms with Crippen LogP contribution in [0.3, 0.4) is 0 Å². The van der Waals surface area contributed by atoms with Crippen LogP contribution in [-0.4, -0.2) is 59.4 Å². The van der Waals surface area contributed by atoms with Crippen LogP contribution in [0.15, 0.2) is 24.3 Å². The summed E-state index contributed by atoms with van der Waals surface area (Å²) in [6.07, 6.45) is 3.85. The fraction of sp³-hybridized carbons (Fsp3) is 0.579. The number of imide groups is 1. The second-order valence-electron chi connectivity index (χ2n) is 7.47. The third-order valence-electron chi connectivity index (χ3n) is 5.89. The molecule has 134 valence electrons. The lowest BCUT2D eigenvalue weighted by molar-refractivity contribution is -0.128. The van der Waals surface area contributed by atoms with E-state index in [-0.39, 0.29) is 29.9 Å². The summed E-state index contributed by atoms with van der Waals surface area (Å²) in [5, 5.41) is 0.726. The number of benzene rings is 1. The predicted octanol–water partition coefficient (Wildman–Crippen LogP) is 3.15. The molecule has 3 atom stereocenters. The van der Waals surface area contributed by atoms with Gasteiger partial charge in [-0.1, -0.05) is 23.7 Å². The summed E-state index contributed by atoms with van der Waals surface area (Å²) in [6.45, 7) is 2.24. The van der Waals surface area contributed by atoms with Gasteiger partial charge in [0.2, 0.25) is 0 Å². The molecule has 3 heterocycles. The zero-order valence-corrected chi connectivity index (χ0v) is 15.3. The number of hydrogen-bond donors (Lipinski definition) is 0. The van der Waals surface area contributed by atoms with Crippen molar-refractivity contribution in [2.45, 2.75) is 37.8 Å². The lowest BCUT2D eigenvalue weighted by Crippen LogP contribution is -2.44. The molecular weight excluding hydrogens is 338 g/mol. The minimum atomic E-state index is -0.210. The van der Waals surface area contributed by atoms with E-state index in [0.29, 0.717) is 13.1 Å². The van der Waals surface area contributed by atoms with Crippen LogP contribution in [0.4, 0.5) is 4.79 Å². The molecule has 0 N–H and O–H groups in total. The van der Waals surface area contributed by atoms with Gasteiger partial charge in [-0.2, -0.15) is 0 Å². The van der Waals surface area contributed by atoms with Crippen molar-refractivity contribution in [2.75, 3.05) is 26.7 Å². The molecule has 0 unspecified atom stereocenters. The van der Waals surface area contributed by atoms with Gasteiger partial charge in [0.25, 0.3) is 5.91 Å². The minimum Gasteiger partial charge on any atom is -0.312 e. The maximum absolute atomic E-state index is 12.7. The average molecular weight is 362 g/mol. The summed E-state index contributed by atoms with van der Waals surface area (Å²) in [5.74, 6) is 0.241. The molecule has 3 aliphatic heterocycles. The number of likely N-dealkylation sites (tertiary alicyclic amines) is 1. The quantitative estimate of drug-likeness (QED) is 0.777. The molecule has 6 heteroatoms. The molecule has 3 aliphatic rings. The highest BCUT2D eigenvalue weighted by Crippen LogP contribution is 2.38. The molecule has 1 aromatic rings. The fourth-order valence-electron chi connectivity index (χ4n) is 4.75. The first kappa shape index (κ1) is 16.9. The van der Waals surface area contributed by atoms with Crippen molar-refractivity contribution < 1.29 is 9.59 Å². The molecule has 0 radical (unpaired) electrons. The molecule has 3 saturated heterocycles. The first-order chi connectivity index (χ1) is 12.1. The van der Waals surface area contributed by atoms with E-state index in [1.165, 1.54) is 10.5 Å². The largest absolute Gasteiger partial charge is 0.327 e. The van der Waals surface area contributed by atoms with E-state index in [9.17, 15) is 9.59 Å². The Labute approximate surface area is 153 Å². The Morgan fingerprint density at radius 1 is 1.16 bits per heavy atom. The van der Waals surface area contributed by atoms with Gasteiger partial charge in [0.05, 0.1) is 0 Å². The van der Waals surface area contributed by atoms with Crippen molar-refractivity contribution in [1.29, 1.82) is 0 Å². The predicted molar refractivity (Wildman–Crippen MR) is 96.4 cm³/mol. The molecule has 0 bridgehead atoms. The van der Waals surface area contributed by atoms with Gasteiger partial charge in [0.15, 0.2) is 0 Å². The molecule has 3 fully saturated rings. The number of piperidine rings is 1. The summed E-state index contributed by atoms with van der Waals surface area (Å²) < 4.78 is 0. The monoisotopic (exact) mass is 361 g/mol. The smallest absolute Gasteiger partial charge is 0.312 e. The van der Waals surface area contributed by atoms with Crippen LogP contribution in [0.1, 0.15) is 37.3 Å². The third kappa shape index (κ3) is 2.93. The van der Waals surface area contributed by atoms with Crippen molar-refractivity contribution in [3.8, 4) is 0 Å². The molecule has 4 rings (SSSR count). The molecule has 0 spiro atoms. The number of fused-ring (bicyclic) bond motifs is 1. The van der Waals surface area contributed by atoms with Crippen molar-refractivity contribution >= 4 is 23.5 Å². The highest BCUT2D eigenvalue weighted by molar-refractivity contribution is 6.30. The lowest BCUT2D eigenvalue weighted by Gasteiger charge is -2.40. The first-order valence-electron chi connectivity index (χ1n) is 9.14. The Hall–Kier alpha value is -1.59. The number of rotatable bonds is 3. The van der Waals surface area contributed by atoms with Crippen molar-refractivity contribution in [3.63, 3.8) is 0 Å². The Bertz CT molecular complexity index is 673. The van der Waals surface area contributed by atoms with E-state index in [4.69, 9.17) is 11.6 Å². The van der Waals surface area contributed by atoms with E-state index in [1.807, 2.05) is 18.2 Å². The van der Waals surface area contributed by atoms with E-state index >= 15 is 0 Å². The van der Waals surface area contributed by atoms with Gasteiger partial charge in [-0.3, -0.25) is 14.6 Å². The van der Waals surface area contributed by atoms with E-state index in [1.54, 1.807) is 4.90 Å². The third-order valence-corrected chi connectivity index (χ3v) is 6.13. The molecule has 25 heavy (non-hydrogen) atoms. The molecule has 0 saturated carbocycles. The molecular formula is C19H24ClN3O2. The highest BCUT2D eigenvalue weighted by Gasteiger charge is 2.48. The van der Waals surface area contributed by atoms with Crippen molar-refractivity contribution in [1.82, 2.24) is 14.7 Å². The van der Waals surface area contributed by atoms with Crippen LogP contribution in [0.25, 0.3) is 0 Å². The number of nitrogens with zero attached hydrogens (tertiary/aromatic N) is 3. The molecule has 1 aromatic carbocycles. The van der Waals surface area contributed by atoms with Crippen molar-refractivity contribution in [2.24, 2.45) is 5.92 Å². The van der Waals surface area contributed by atoms with Gasteiger partial charge in [0.1, 0.15) is 6.04 Å². The maximum Gasteiger partial charge on any atom is 0.327 e. The van der Waals surface area contributed by atoms with Gasteiger partial charge < -0.3 is 4.90 Å². The zero-order chi connectivity index (χ0) is 17.6.